The van der Waals surface area contributed by atoms with E-state index in [1.807, 2.05) is 0 Å². The second-order valence-corrected chi connectivity index (χ2v) is 0. The Kier molecular flexibility index (Phi) is 183. The molecule has 0 aliphatic rings. The third kappa shape index (κ3) is 8.97. The third-order valence-electron chi connectivity index (χ3n) is 0. The summed E-state index contributed by atoms with van der Waals surface area (Å²) in [6, 6.07) is 0. The molecule has 4 heteroatoms. The van der Waals surface area contributed by atoms with Crippen molar-refractivity contribution in [1.29, 1.82) is 0 Å². The average molecular weight is 165 g/mol. The van der Waals surface area contributed by atoms with Crippen molar-refractivity contribution in [3.63, 3.8) is 0 Å². The maximum Gasteiger partial charge on any atom is 2.00 e. The fourth-order valence-corrected chi connectivity index (χ4v) is 0. The van der Waals surface area contributed by atoms with Crippen LogP contribution in [0.3, 0.4) is 0 Å². The Morgan fingerprint density at radius 3 is 1.25 bits per heavy atom. The van der Waals surface area contributed by atoms with Crippen LogP contribution in [0.5, 0.6) is 0 Å². The van der Waals surface area contributed by atoms with Crippen LogP contribution in [0.4, 0.5) is 0 Å². The largest absolute Gasteiger partial charge is 2.00 e. The van der Waals surface area contributed by atoms with Gasteiger partial charge in [0, 0.05) is 34.4 Å². The molecule has 0 spiro atoms. The topological polar surface area (TPSA) is 0 Å². The van der Waals surface area contributed by atoms with Gasteiger partial charge in [-0.15, -0.1) is 0 Å². The summed E-state index contributed by atoms with van der Waals surface area (Å²) in [5.74, 6) is 0. The van der Waals surface area contributed by atoms with Crippen molar-refractivity contribution in [2.24, 2.45) is 0 Å². The number of rotatable bonds is 0. The van der Waals surface area contributed by atoms with Gasteiger partial charge in [-0.3, -0.25) is 0 Å². The normalized spacial score (nSPS) is 0. The van der Waals surface area contributed by atoms with E-state index < -0.39 is 0 Å². The average Bonchev–Trinajstić information content (AvgIpc) is 0. The van der Waals surface area contributed by atoms with Crippen LogP contribution in [0.15, 0.2) is 0 Å². The first-order valence-corrected chi connectivity index (χ1v) is 0. The monoisotopic (exact) mass is 165 g/mol. The van der Waals surface area contributed by atoms with Gasteiger partial charge in [-0.25, -0.2) is 0 Å². The Morgan fingerprint density at radius 2 is 1.25 bits per heavy atom. The van der Waals surface area contributed by atoms with Gasteiger partial charge in [0.05, 0.1) is 0 Å². The first kappa shape index (κ1) is 36.9. The number of hydrogen-bond donors (Lipinski definition) is 0. The molecule has 0 nitrogen and oxygen atoms in total. The molecular weight excluding hydrogens is 160 g/mol. The maximum atomic E-state index is 0. The minimum Gasteiger partial charge on any atom is -1.00 e. The van der Waals surface area contributed by atoms with Crippen LogP contribution in [-0.4, -0.2) is 34.0 Å². The van der Waals surface area contributed by atoms with Gasteiger partial charge in [0.15, 0.2) is 0 Å². The van der Waals surface area contributed by atoms with Gasteiger partial charge in [0.2, 0.25) is 0 Å². The van der Waals surface area contributed by atoms with Crippen LogP contribution in [0.2, 0.25) is 0 Å². The molecule has 0 heterocycles. The van der Waals surface area contributed by atoms with E-state index in [1.54, 1.807) is 0 Å². The molecule has 0 aromatic carbocycles. The molecule has 0 aromatic heterocycles. The van der Waals surface area contributed by atoms with E-state index in [4.69, 9.17) is 0 Å². The van der Waals surface area contributed by atoms with Crippen molar-refractivity contribution in [3.05, 3.63) is 0 Å². The molecular formula is H5CrFeMgSi. The van der Waals surface area contributed by atoms with E-state index in [0.717, 1.165) is 0 Å². The summed E-state index contributed by atoms with van der Waals surface area (Å²) in [6.07, 6.45) is 0. The van der Waals surface area contributed by atoms with Gasteiger partial charge in [-0.2, -0.15) is 0 Å². The molecule has 0 saturated carbocycles. The molecule has 0 saturated heterocycles. The molecule has 0 aromatic rings. The molecule has 0 bridgehead atoms. The molecule has 0 aliphatic carbocycles. The molecule has 0 amide bonds. The van der Waals surface area contributed by atoms with Gasteiger partial charge in [0.1, 0.15) is 0 Å². The van der Waals surface area contributed by atoms with E-state index >= 15 is 0 Å². The predicted molar refractivity (Wildman–Crippen MR) is 17.9 cm³/mol. The summed E-state index contributed by atoms with van der Waals surface area (Å²) in [7, 11) is 0. The van der Waals surface area contributed by atoms with E-state index in [0.29, 0.717) is 0 Å². The Morgan fingerprint density at radius 1 is 1.25 bits per heavy atom. The van der Waals surface area contributed by atoms with Gasteiger partial charge in [-0.05, 0) is 11.0 Å². The summed E-state index contributed by atoms with van der Waals surface area (Å²) in [6.45, 7) is 0. The van der Waals surface area contributed by atoms with Crippen molar-refractivity contribution in [2.45, 2.75) is 0 Å². The zero-order valence-corrected chi connectivity index (χ0v) is 8.26. The standard InChI is InChI=1S/Cr.Fe.Mg.H3Si.2H/h;;;1H3;;/q;;+2;;2*-1. The van der Waals surface area contributed by atoms with Crippen LogP contribution < -0.4 is 0 Å². The summed E-state index contributed by atoms with van der Waals surface area (Å²) < 4.78 is 0. The maximum absolute atomic E-state index is 0. The quantitative estimate of drug-likeness (QED) is 0.390. The first-order valence-electron chi connectivity index (χ1n) is 0. The zero-order valence-electron chi connectivity index (χ0n) is 4.47. The van der Waals surface area contributed by atoms with Crippen molar-refractivity contribution >= 4 is 34.0 Å². The second-order valence-electron chi connectivity index (χ2n) is 0. The summed E-state index contributed by atoms with van der Waals surface area (Å²) in [4.78, 5) is 0. The van der Waals surface area contributed by atoms with Crippen LogP contribution in [0, 0.1) is 0 Å². The smallest absolute Gasteiger partial charge is 1.00 e. The van der Waals surface area contributed by atoms with Crippen molar-refractivity contribution in [2.75, 3.05) is 0 Å². The Balaban J connectivity index is 0. The van der Waals surface area contributed by atoms with Crippen LogP contribution >= 0.6 is 0 Å². The molecule has 0 N–H and O–H groups in total. The summed E-state index contributed by atoms with van der Waals surface area (Å²) in [5, 5.41) is 0. The van der Waals surface area contributed by atoms with Gasteiger partial charge in [-0.1, -0.05) is 0 Å². The third-order valence-corrected chi connectivity index (χ3v) is 0. The van der Waals surface area contributed by atoms with E-state index in [-0.39, 0.29) is 71.3 Å². The van der Waals surface area contributed by atoms with Crippen LogP contribution in [0.1, 0.15) is 2.85 Å². The van der Waals surface area contributed by atoms with Crippen LogP contribution in [-0.2, 0) is 34.4 Å². The Bertz CT molecular complexity index is 13.5. The zero-order chi connectivity index (χ0) is 0. The Hall–Kier alpha value is 2.04. The first-order chi connectivity index (χ1) is 0. The van der Waals surface area contributed by atoms with Crippen molar-refractivity contribution < 1.29 is 37.3 Å². The minimum absolute atomic E-state index is 0. The minimum atomic E-state index is 0. The molecule has 0 atom stereocenters. The number of hydrogen-bond acceptors (Lipinski definition) is 0. The molecule has 0 rings (SSSR count). The molecule has 25 valence electrons. The Labute approximate surface area is 70.9 Å². The van der Waals surface area contributed by atoms with Gasteiger partial charge < -0.3 is 2.85 Å². The summed E-state index contributed by atoms with van der Waals surface area (Å²) >= 11 is 0. The second kappa shape index (κ2) is 19.8. The molecule has 1 radical (unpaired) electrons. The molecule has 0 aliphatic heterocycles. The fourth-order valence-electron chi connectivity index (χ4n) is 0. The van der Waals surface area contributed by atoms with E-state index in [2.05, 4.69) is 0 Å². The fraction of sp³-hybridized carbons (Fsp3) is 0. The molecule has 4 heavy (non-hydrogen) atoms. The SMILES string of the molecule is [Cr].[Fe].[H-].[H-].[Mg+2].[SiH3]. The molecule has 0 fully saturated rings. The summed E-state index contributed by atoms with van der Waals surface area (Å²) in [5.41, 5.74) is 0. The predicted octanol–water partition coefficient (Wildman–Crippen LogP) is -1.34. The van der Waals surface area contributed by atoms with Gasteiger partial charge in [0.25, 0.3) is 0 Å². The van der Waals surface area contributed by atoms with E-state index in [9.17, 15) is 0 Å². The van der Waals surface area contributed by atoms with Gasteiger partial charge >= 0.3 is 23.1 Å². The molecule has 0 unspecified atom stereocenters. The van der Waals surface area contributed by atoms with Crippen LogP contribution in [0.25, 0.3) is 0 Å². The van der Waals surface area contributed by atoms with Crippen molar-refractivity contribution in [1.82, 2.24) is 0 Å². The van der Waals surface area contributed by atoms with E-state index in [1.165, 1.54) is 0 Å². The van der Waals surface area contributed by atoms with Crippen molar-refractivity contribution in [3.8, 4) is 0 Å².